The number of aryl methyl sites for hydroxylation is 1. The van der Waals surface area contributed by atoms with Gasteiger partial charge < -0.3 is 20.6 Å². The lowest BCUT2D eigenvalue weighted by Crippen LogP contribution is -2.06. The fourth-order valence-corrected chi connectivity index (χ4v) is 1.50. The summed E-state index contributed by atoms with van der Waals surface area (Å²) in [7, 11) is 0. The van der Waals surface area contributed by atoms with E-state index in [-0.39, 0.29) is 18.2 Å². The molecule has 2 rings (SSSR count). The molecule has 2 heterocycles. The van der Waals surface area contributed by atoms with E-state index in [2.05, 4.69) is 15.0 Å². The minimum atomic E-state index is -0.610. The number of aromatic nitrogens is 3. The van der Waals surface area contributed by atoms with Crippen LogP contribution in [0.15, 0.2) is 24.4 Å². The normalized spacial score (nSPS) is 10.2. The molecule has 0 radical (unpaired) electrons. The van der Waals surface area contributed by atoms with E-state index in [4.69, 9.17) is 10.5 Å². The second-order valence-corrected chi connectivity index (χ2v) is 3.72. The summed E-state index contributed by atoms with van der Waals surface area (Å²) in [4.78, 5) is 21.9. The molecule has 0 aliphatic heterocycles. The maximum Gasteiger partial charge on any atom is 0.406 e. The quantitative estimate of drug-likeness (QED) is 0.650. The molecule has 0 saturated heterocycles. The topological polar surface area (TPSA) is 117 Å². The molecule has 2 aromatic rings. The van der Waals surface area contributed by atoms with Crippen molar-refractivity contribution in [3.63, 3.8) is 0 Å². The van der Waals surface area contributed by atoms with Crippen molar-refractivity contribution in [3.8, 4) is 5.75 Å². The van der Waals surface area contributed by atoms with E-state index in [1.54, 1.807) is 19.1 Å². The van der Waals surface area contributed by atoms with Gasteiger partial charge in [0.1, 0.15) is 18.6 Å². The summed E-state index contributed by atoms with van der Waals surface area (Å²) in [5.41, 5.74) is 6.28. The van der Waals surface area contributed by atoms with Crippen molar-refractivity contribution in [2.45, 2.75) is 13.5 Å². The molecular formula is C11H11N5O3. The average Bonchev–Trinajstić information content (AvgIpc) is 2.35. The summed E-state index contributed by atoms with van der Waals surface area (Å²) in [5, 5.41) is 10.8. The van der Waals surface area contributed by atoms with Crippen molar-refractivity contribution in [1.29, 1.82) is 0 Å². The van der Waals surface area contributed by atoms with Crippen LogP contribution >= 0.6 is 0 Å². The molecular weight excluding hydrogens is 250 g/mol. The number of nitrogens with zero attached hydrogens (tertiary/aromatic N) is 4. The van der Waals surface area contributed by atoms with Gasteiger partial charge in [-0.2, -0.15) is 0 Å². The number of anilines is 1. The van der Waals surface area contributed by atoms with Crippen molar-refractivity contribution in [1.82, 2.24) is 15.0 Å². The molecule has 8 nitrogen and oxygen atoms in total. The third kappa shape index (κ3) is 3.12. The molecule has 0 aliphatic carbocycles. The Hall–Kier alpha value is -2.77. The van der Waals surface area contributed by atoms with Crippen molar-refractivity contribution >= 4 is 11.6 Å². The molecule has 0 saturated carbocycles. The Balaban J connectivity index is 2.16. The summed E-state index contributed by atoms with van der Waals surface area (Å²) < 4.78 is 5.31. The van der Waals surface area contributed by atoms with E-state index in [1.165, 1.54) is 12.3 Å². The standard InChI is InChI=1S/C11H11N5O3/c1-7-5-9(12)15-10(14-7)6-19-8-3-2-4-13-11(8)16(17)18/h2-5H,6H2,1H3,(H2,12,14,15). The Bertz CT molecular complexity index is 597. The molecule has 0 aromatic carbocycles. The van der Waals surface area contributed by atoms with Crippen molar-refractivity contribution in [2.75, 3.05) is 5.73 Å². The highest BCUT2D eigenvalue weighted by Gasteiger charge is 2.16. The molecule has 98 valence electrons. The Kier molecular flexibility index (Phi) is 3.51. The Labute approximate surface area is 108 Å². The maximum absolute atomic E-state index is 10.8. The van der Waals surface area contributed by atoms with Gasteiger partial charge in [-0.3, -0.25) is 0 Å². The number of nitrogens with two attached hydrogens (primary N) is 1. The molecule has 19 heavy (non-hydrogen) atoms. The summed E-state index contributed by atoms with van der Waals surface area (Å²) in [5.74, 6) is 0.404. The van der Waals surface area contributed by atoms with Crippen LogP contribution in [0, 0.1) is 17.0 Å². The number of nitrogen functional groups attached to an aromatic ring is 1. The van der Waals surface area contributed by atoms with Crippen LogP contribution in [0.5, 0.6) is 5.75 Å². The highest BCUT2D eigenvalue weighted by molar-refractivity contribution is 5.38. The lowest BCUT2D eigenvalue weighted by molar-refractivity contribution is -0.390. The van der Waals surface area contributed by atoms with Gasteiger partial charge >= 0.3 is 5.82 Å². The minimum absolute atomic E-state index is 0.0155. The third-order valence-corrected chi connectivity index (χ3v) is 2.20. The van der Waals surface area contributed by atoms with E-state index in [0.29, 0.717) is 17.3 Å². The average molecular weight is 261 g/mol. The van der Waals surface area contributed by atoms with Crippen LogP contribution in [0.2, 0.25) is 0 Å². The molecule has 0 atom stereocenters. The number of pyridine rings is 1. The summed E-state index contributed by atoms with van der Waals surface area (Å²) >= 11 is 0. The molecule has 2 aromatic heterocycles. The van der Waals surface area contributed by atoms with Gasteiger partial charge in [-0.15, -0.1) is 0 Å². The van der Waals surface area contributed by atoms with Crippen LogP contribution in [0.3, 0.4) is 0 Å². The van der Waals surface area contributed by atoms with Gasteiger partial charge in [0.15, 0.2) is 5.82 Å². The summed E-state index contributed by atoms with van der Waals surface area (Å²) in [6, 6.07) is 4.63. The minimum Gasteiger partial charge on any atom is -0.477 e. The smallest absolute Gasteiger partial charge is 0.406 e. The maximum atomic E-state index is 10.8. The molecule has 0 amide bonds. The van der Waals surface area contributed by atoms with Gasteiger partial charge in [-0.25, -0.2) is 9.97 Å². The fourth-order valence-electron chi connectivity index (χ4n) is 1.50. The zero-order valence-corrected chi connectivity index (χ0v) is 10.1. The fraction of sp³-hybridized carbons (Fsp3) is 0.182. The SMILES string of the molecule is Cc1cc(N)nc(COc2cccnc2[N+](=O)[O-])n1. The second-order valence-electron chi connectivity index (χ2n) is 3.72. The van der Waals surface area contributed by atoms with Crippen molar-refractivity contribution in [2.24, 2.45) is 0 Å². The zero-order chi connectivity index (χ0) is 13.8. The predicted octanol–water partition coefficient (Wildman–Crippen LogP) is 1.25. The predicted molar refractivity (Wildman–Crippen MR) is 66.4 cm³/mol. The first-order valence-corrected chi connectivity index (χ1v) is 5.38. The number of nitro groups is 1. The first-order valence-electron chi connectivity index (χ1n) is 5.38. The van der Waals surface area contributed by atoms with Crippen molar-refractivity contribution < 1.29 is 9.66 Å². The van der Waals surface area contributed by atoms with Crippen LogP contribution in [0.4, 0.5) is 11.6 Å². The van der Waals surface area contributed by atoms with E-state index in [1.807, 2.05) is 0 Å². The van der Waals surface area contributed by atoms with Crippen LogP contribution in [0.25, 0.3) is 0 Å². The lowest BCUT2D eigenvalue weighted by atomic mass is 10.4. The van der Waals surface area contributed by atoms with E-state index < -0.39 is 4.92 Å². The molecule has 0 spiro atoms. The van der Waals surface area contributed by atoms with Gasteiger partial charge in [-0.1, -0.05) is 0 Å². The summed E-state index contributed by atoms with van der Waals surface area (Å²) in [6.07, 6.45) is 1.33. The largest absolute Gasteiger partial charge is 0.477 e. The molecule has 0 aliphatic rings. The van der Waals surface area contributed by atoms with Crippen molar-refractivity contribution in [3.05, 3.63) is 46.0 Å². The number of ether oxygens (including phenoxy) is 1. The third-order valence-electron chi connectivity index (χ3n) is 2.20. The second kappa shape index (κ2) is 5.25. The highest BCUT2D eigenvalue weighted by atomic mass is 16.6. The van der Waals surface area contributed by atoms with Gasteiger partial charge in [0.05, 0.1) is 0 Å². The van der Waals surface area contributed by atoms with E-state index in [0.717, 1.165) is 0 Å². The number of hydrogen-bond acceptors (Lipinski definition) is 7. The van der Waals surface area contributed by atoms with Crippen LogP contribution in [-0.2, 0) is 6.61 Å². The molecule has 0 unspecified atom stereocenters. The van der Waals surface area contributed by atoms with Crippen LogP contribution in [-0.4, -0.2) is 19.9 Å². The molecule has 0 fully saturated rings. The molecule has 8 heteroatoms. The molecule has 0 bridgehead atoms. The Morgan fingerprint density at radius 1 is 1.47 bits per heavy atom. The number of rotatable bonds is 4. The lowest BCUT2D eigenvalue weighted by Gasteiger charge is -2.06. The van der Waals surface area contributed by atoms with Gasteiger partial charge in [0.2, 0.25) is 5.75 Å². The zero-order valence-electron chi connectivity index (χ0n) is 10.1. The molecule has 2 N–H and O–H groups in total. The van der Waals surface area contributed by atoms with Gasteiger partial charge in [-0.05, 0) is 29.0 Å². The van der Waals surface area contributed by atoms with Crippen LogP contribution in [0.1, 0.15) is 11.5 Å². The number of hydrogen-bond donors (Lipinski definition) is 1. The Morgan fingerprint density at radius 3 is 2.95 bits per heavy atom. The first kappa shape index (κ1) is 12.7. The summed E-state index contributed by atoms with van der Waals surface area (Å²) in [6.45, 7) is 1.76. The van der Waals surface area contributed by atoms with E-state index >= 15 is 0 Å². The first-order chi connectivity index (χ1) is 9.06. The van der Waals surface area contributed by atoms with E-state index in [9.17, 15) is 10.1 Å². The monoisotopic (exact) mass is 261 g/mol. The van der Waals surface area contributed by atoms with Crippen LogP contribution < -0.4 is 10.5 Å². The Morgan fingerprint density at radius 2 is 2.26 bits per heavy atom. The van der Waals surface area contributed by atoms with Gasteiger partial charge in [0, 0.05) is 11.8 Å². The highest BCUT2D eigenvalue weighted by Crippen LogP contribution is 2.23. The van der Waals surface area contributed by atoms with Gasteiger partial charge in [0.25, 0.3) is 0 Å².